The van der Waals surface area contributed by atoms with E-state index < -0.39 is 0 Å². The Hall–Kier alpha value is -0.440. The number of aromatic nitrogens is 2. The zero-order valence-corrected chi connectivity index (χ0v) is 10.0. The maximum absolute atomic E-state index is 4.59. The molecule has 0 atom stereocenters. The second kappa shape index (κ2) is 4.39. The minimum Gasteiger partial charge on any atom is -0.238 e. The third-order valence-corrected chi connectivity index (χ3v) is 2.90. The molecule has 1 fully saturated rings. The Morgan fingerprint density at radius 2 is 2.21 bits per heavy atom. The SMILES string of the molecule is CCCCc1cc(Br)nc(C2CC2)n1. The first-order chi connectivity index (χ1) is 6.79. The van der Waals surface area contributed by atoms with Crippen molar-refractivity contribution in [2.75, 3.05) is 0 Å². The Balaban J connectivity index is 2.13. The van der Waals surface area contributed by atoms with Gasteiger partial charge in [0.15, 0.2) is 0 Å². The van der Waals surface area contributed by atoms with Gasteiger partial charge in [0.05, 0.1) is 0 Å². The predicted octanol–water partition coefficient (Wildman–Crippen LogP) is 3.46. The van der Waals surface area contributed by atoms with E-state index in [2.05, 4.69) is 32.8 Å². The summed E-state index contributed by atoms with van der Waals surface area (Å²) in [5.41, 5.74) is 1.19. The van der Waals surface area contributed by atoms with Crippen molar-refractivity contribution < 1.29 is 0 Å². The maximum Gasteiger partial charge on any atom is 0.132 e. The number of hydrogen-bond donors (Lipinski definition) is 0. The maximum atomic E-state index is 4.59. The highest BCUT2D eigenvalue weighted by molar-refractivity contribution is 9.10. The van der Waals surface area contributed by atoms with Gasteiger partial charge in [-0.25, -0.2) is 9.97 Å². The predicted molar refractivity (Wildman–Crippen MR) is 60.3 cm³/mol. The summed E-state index contributed by atoms with van der Waals surface area (Å²) in [5.74, 6) is 1.69. The van der Waals surface area contributed by atoms with E-state index in [1.54, 1.807) is 0 Å². The molecule has 2 nitrogen and oxygen atoms in total. The van der Waals surface area contributed by atoms with E-state index >= 15 is 0 Å². The number of hydrogen-bond acceptors (Lipinski definition) is 2. The molecule has 0 aromatic carbocycles. The van der Waals surface area contributed by atoms with Crippen LogP contribution in [0.2, 0.25) is 0 Å². The molecule has 1 aliphatic carbocycles. The van der Waals surface area contributed by atoms with Crippen LogP contribution in [0, 0.1) is 0 Å². The zero-order chi connectivity index (χ0) is 9.97. The van der Waals surface area contributed by atoms with E-state index in [0.717, 1.165) is 16.8 Å². The molecule has 0 spiro atoms. The summed E-state index contributed by atoms with van der Waals surface area (Å²) in [4.78, 5) is 9.00. The van der Waals surface area contributed by atoms with Crippen molar-refractivity contribution in [2.45, 2.75) is 44.9 Å². The molecule has 3 heteroatoms. The topological polar surface area (TPSA) is 25.8 Å². The molecule has 2 rings (SSSR count). The van der Waals surface area contributed by atoms with Gasteiger partial charge in [0.2, 0.25) is 0 Å². The molecule has 0 amide bonds. The lowest BCUT2D eigenvalue weighted by Gasteiger charge is -2.03. The Morgan fingerprint density at radius 1 is 1.43 bits per heavy atom. The lowest BCUT2D eigenvalue weighted by molar-refractivity contribution is 0.757. The number of aryl methyl sites for hydroxylation is 1. The Bertz CT molecular complexity index is 321. The minimum absolute atomic E-state index is 0.646. The van der Waals surface area contributed by atoms with Crippen LogP contribution in [0.25, 0.3) is 0 Å². The molecule has 0 N–H and O–H groups in total. The van der Waals surface area contributed by atoms with Crippen LogP contribution in [0.4, 0.5) is 0 Å². The van der Waals surface area contributed by atoms with Gasteiger partial charge >= 0.3 is 0 Å². The molecule has 1 aliphatic rings. The minimum atomic E-state index is 0.646. The fourth-order valence-electron chi connectivity index (χ4n) is 1.49. The van der Waals surface area contributed by atoms with Crippen LogP contribution in [0.5, 0.6) is 0 Å². The number of halogens is 1. The van der Waals surface area contributed by atoms with Crippen LogP contribution < -0.4 is 0 Å². The van der Waals surface area contributed by atoms with Crippen molar-refractivity contribution >= 4 is 15.9 Å². The number of rotatable bonds is 4. The quantitative estimate of drug-likeness (QED) is 0.770. The number of unbranched alkanes of at least 4 members (excludes halogenated alkanes) is 1. The van der Waals surface area contributed by atoms with Gasteiger partial charge in [-0.1, -0.05) is 13.3 Å². The van der Waals surface area contributed by atoms with Crippen molar-refractivity contribution in [2.24, 2.45) is 0 Å². The Labute approximate surface area is 93.3 Å². The molecular formula is C11H15BrN2. The Kier molecular flexibility index (Phi) is 3.16. The molecule has 1 saturated carbocycles. The van der Waals surface area contributed by atoms with E-state index in [9.17, 15) is 0 Å². The van der Waals surface area contributed by atoms with Crippen molar-refractivity contribution in [1.29, 1.82) is 0 Å². The summed E-state index contributed by atoms with van der Waals surface area (Å²) in [7, 11) is 0. The fraction of sp³-hybridized carbons (Fsp3) is 0.636. The van der Waals surface area contributed by atoms with Crippen molar-refractivity contribution in [1.82, 2.24) is 9.97 Å². The van der Waals surface area contributed by atoms with E-state index in [1.807, 2.05) is 6.07 Å². The molecule has 1 aromatic rings. The first kappa shape index (κ1) is 10.1. The molecular weight excluding hydrogens is 240 g/mol. The van der Waals surface area contributed by atoms with E-state index in [0.29, 0.717) is 5.92 Å². The normalized spacial score (nSPS) is 15.9. The molecule has 76 valence electrons. The van der Waals surface area contributed by atoms with Gasteiger partial charge in [0.25, 0.3) is 0 Å². The highest BCUT2D eigenvalue weighted by Gasteiger charge is 2.26. The van der Waals surface area contributed by atoms with Crippen LogP contribution >= 0.6 is 15.9 Å². The molecule has 1 heterocycles. The Morgan fingerprint density at radius 3 is 2.86 bits per heavy atom. The van der Waals surface area contributed by atoms with E-state index in [4.69, 9.17) is 0 Å². The molecule has 14 heavy (non-hydrogen) atoms. The third kappa shape index (κ3) is 2.53. The molecule has 0 unspecified atom stereocenters. The summed E-state index contributed by atoms with van der Waals surface area (Å²) in [5, 5.41) is 0. The third-order valence-electron chi connectivity index (χ3n) is 2.49. The lowest BCUT2D eigenvalue weighted by atomic mass is 10.2. The van der Waals surface area contributed by atoms with Gasteiger partial charge in [0, 0.05) is 11.6 Å². The summed E-state index contributed by atoms with van der Waals surface area (Å²) in [6.07, 6.45) is 6.05. The highest BCUT2D eigenvalue weighted by Crippen LogP contribution is 2.38. The fourth-order valence-corrected chi connectivity index (χ4v) is 1.94. The zero-order valence-electron chi connectivity index (χ0n) is 8.46. The lowest BCUT2D eigenvalue weighted by Crippen LogP contribution is -1.98. The molecule has 0 saturated heterocycles. The summed E-state index contributed by atoms with van der Waals surface area (Å²) >= 11 is 3.45. The largest absolute Gasteiger partial charge is 0.238 e. The van der Waals surface area contributed by atoms with Crippen LogP contribution in [-0.2, 0) is 6.42 Å². The van der Waals surface area contributed by atoms with E-state index in [-0.39, 0.29) is 0 Å². The first-order valence-corrected chi connectivity index (χ1v) is 6.12. The van der Waals surface area contributed by atoms with E-state index in [1.165, 1.54) is 31.4 Å². The van der Waals surface area contributed by atoms with Crippen LogP contribution in [0.15, 0.2) is 10.7 Å². The summed E-state index contributed by atoms with van der Waals surface area (Å²) < 4.78 is 0.945. The molecule has 0 radical (unpaired) electrons. The average Bonchev–Trinajstić information content (AvgIpc) is 2.97. The monoisotopic (exact) mass is 254 g/mol. The smallest absolute Gasteiger partial charge is 0.132 e. The van der Waals surface area contributed by atoms with Gasteiger partial charge in [-0.15, -0.1) is 0 Å². The van der Waals surface area contributed by atoms with Gasteiger partial charge < -0.3 is 0 Å². The van der Waals surface area contributed by atoms with Crippen molar-refractivity contribution in [3.8, 4) is 0 Å². The second-order valence-electron chi connectivity index (χ2n) is 3.92. The van der Waals surface area contributed by atoms with Gasteiger partial charge in [-0.2, -0.15) is 0 Å². The summed E-state index contributed by atoms with van der Waals surface area (Å²) in [6, 6.07) is 2.04. The first-order valence-electron chi connectivity index (χ1n) is 5.33. The average molecular weight is 255 g/mol. The standard InChI is InChI=1S/C11H15BrN2/c1-2-3-4-9-7-10(12)14-11(13-9)8-5-6-8/h7-8H,2-6H2,1H3. The van der Waals surface area contributed by atoms with Gasteiger partial charge in [-0.3, -0.25) is 0 Å². The molecule has 1 aromatic heterocycles. The molecule has 0 bridgehead atoms. The highest BCUT2D eigenvalue weighted by atomic mass is 79.9. The van der Waals surface area contributed by atoms with Gasteiger partial charge in [0.1, 0.15) is 10.4 Å². The number of nitrogens with zero attached hydrogens (tertiary/aromatic N) is 2. The van der Waals surface area contributed by atoms with Crippen LogP contribution in [0.3, 0.4) is 0 Å². The summed E-state index contributed by atoms with van der Waals surface area (Å²) in [6.45, 7) is 2.21. The second-order valence-corrected chi connectivity index (χ2v) is 4.73. The van der Waals surface area contributed by atoms with Crippen molar-refractivity contribution in [3.63, 3.8) is 0 Å². The molecule has 0 aliphatic heterocycles. The van der Waals surface area contributed by atoms with Gasteiger partial charge in [-0.05, 0) is 47.7 Å². The van der Waals surface area contributed by atoms with Crippen LogP contribution in [0.1, 0.15) is 50.0 Å². The van der Waals surface area contributed by atoms with Crippen molar-refractivity contribution in [3.05, 3.63) is 22.2 Å². The van der Waals surface area contributed by atoms with Crippen LogP contribution in [-0.4, -0.2) is 9.97 Å².